The van der Waals surface area contributed by atoms with Gasteiger partial charge in [0.2, 0.25) is 11.8 Å². The molecule has 10 nitrogen and oxygen atoms in total. The molecule has 0 saturated carbocycles. The van der Waals surface area contributed by atoms with Crippen molar-refractivity contribution >= 4 is 18.1 Å². The highest BCUT2D eigenvalue weighted by Crippen LogP contribution is 2.51. The van der Waals surface area contributed by atoms with Crippen molar-refractivity contribution in [2.45, 2.75) is 56.3 Å². The van der Waals surface area contributed by atoms with Crippen molar-refractivity contribution in [2.75, 3.05) is 33.9 Å². The Bertz CT molecular complexity index is 1360. The third-order valence-corrected chi connectivity index (χ3v) is 7.92. The molecule has 0 aromatic heterocycles. The number of nitrogens with one attached hydrogen (secondary N) is 1. The second-order valence-electron chi connectivity index (χ2n) is 10.6. The van der Waals surface area contributed by atoms with Crippen LogP contribution in [0.2, 0.25) is 0 Å². The van der Waals surface area contributed by atoms with E-state index in [2.05, 4.69) is 11.9 Å². The van der Waals surface area contributed by atoms with Crippen molar-refractivity contribution in [2.24, 2.45) is 0 Å². The Hall–Kier alpha value is -4.15. The molecule has 43 heavy (non-hydrogen) atoms. The lowest BCUT2D eigenvalue weighted by molar-refractivity contribution is -0.137. The maximum Gasteiger partial charge on any atom is 0.247 e. The average molecular weight is 593 g/mol. The van der Waals surface area contributed by atoms with Crippen LogP contribution in [0.15, 0.2) is 60.7 Å². The first-order valence-corrected chi connectivity index (χ1v) is 14.5. The molecule has 0 unspecified atom stereocenters. The van der Waals surface area contributed by atoms with E-state index in [0.29, 0.717) is 47.5 Å². The second kappa shape index (κ2) is 14.8. The molecular formula is C33H40N2O8. The summed E-state index contributed by atoms with van der Waals surface area (Å²) in [6.07, 6.45) is 5.00. The smallest absolute Gasteiger partial charge is 0.247 e. The van der Waals surface area contributed by atoms with Gasteiger partial charge >= 0.3 is 0 Å². The van der Waals surface area contributed by atoms with Gasteiger partial charge in [0.1, 0.15) is 24.2 Å². The van der Waals surface area contributed by atoms with Crippen molar-refractivity contribution in [3.05, 3.63) is 77.4 Å². The number of carbonyl (C=O) groups excluding carboxylic acids is 3. The number of aldehydes is 1. The monoisotopic (exact) mass is 592 g/mol. The number of hydrogen-bond acceptors (Lipinski definition) is 8. The van der Waals surface area contributed by atoms with Crippen LogP contribution in [-0.2, 0) is 16.0 Å². The number of allylic oxidation sites excluding steroid dienone is 1. The molecule has 0 radical (unpaired) electrons. The van der Waals surface area contributed by atoms with E-state index in [0.717, 1.165) is 18.4 Å². The summed E-state index contributed by atoms with van der Waals surface area (Å²) in [5.41, 5.74) is 2.10. The number of methoxy groups -OCH3 is 2. The van der Waals surface area contributed by atoms with Gasteiger partial charge in [0, 0.05) is 36.2 Å². The van der Waals surface area contributed by atoms with E-state index in [1.165, 1.54) is 13.2 Å². The molecular weight excluding hydrogens is 552 g/mol. The Morgan fingerprint density at radius 2 is 1.98 bits per heavy atom. The van der Waals surface area contributed by atoms with E-state index in [9.17, 15) is 24.6 Å². The molecule has 1 heterocycles. The number of rotatable bonds is 15. The maximum absolute atomic E-state index is 13.7. The Kier molecular flexibility index (Phi) is 11.0. The number of carbonyl (C=O) groups is 3. The maximum atomic E-state index is 13.7. The lowest BCUT2D eigenvalue weighted by Gasteiger charge is -2.41. The zero-order valence-electron chi connectivity index (χ0n) is 24.7. The van der Waals surface area contributed by atoms with E-state index < -0.39 is 30.1 Å². The lowest BCUT2D eigenvalue weighted by Crippen LogP contribution is -2.56. The zero-order valence-corrected chi connectivity index (χ0v) is 24.7. The third-order valence-electron chi connectivity index (χ3n) is 7.92. The van der Waals surface area contributed by atoms with Crippen molar-refractivity contribution in [3.63, 3.8) is 0 Å². The minimum atomic E-state index is -1.20. The van der Waals surface area contributed by atoms with Crippen LogP contribution in [0, 0.1) is 0 Å². The molecule has 2 aromatic carbocycles. The van der Waals surface area contributed by atoms with Gasteiger partial charge in [-0.15, -0.1) is 6.58 Å². The molecule has 1 aliphatic heterocycles. The highest BCUT2D eigenvalue weighted by atomic mass is 16.5. The molecule has 0 saturated heterocycles. The number of hydrogen-bond donors (Lipinski definition) is 3. The van der Waals surface area contributed by atoms with E-state index in [-0.39, 0.29) is 37.6 Å². The summed E-state index contributed by atoms with van der Waals surface area (Å²) in [7, 11) is 3.04. The van der Waals surface area contributed by atoms with Crippen molar-refractivity contribution in [3.8, 4) is 17.2 Å². The highest BCUT2D eigenvalue weighted by molar-refractivity contribution is 5.96. The fourth-order valence-electron chi connectivity index (χ4n) is 5.78. The molecule has 3 N–H and O–H groups in total. The Balaban J connectivity index is 1.74. The number of aliphatic hydroxyl groups is 2. The van der Waals surface area contributed by atoms with Crippen molar-refractivity contribution in [1.82, 2.24) is 10.2 Å². The molecule has 4 rings (SSSR count). The number of amides is 2. The molecule has 1 aliphatic carbocycles. The van der Waals surface area contributed by atoms with Crippen LogP contribution in [0.4, 0.5) is 0 Å². The molecule has 0 bridgehead atoms. The summed E-state index contributed by atoms with van der Waals surface area (Å²) in [5.74, 6) is 0.0000959. The summed E-state index contributed by atoms with van der Waals surface area (Å²) in [6.45, 7) is 3.79. The van der Waals surface area contributed by atoms with Gasteiger partial charge in [0.15, 0.2) is 11.5 Å². The van der Waals surface area contributed by atoms with E-state index in [1.54, 1.807) is 24.2 Å². The molecule has 230 valence electrons. The molecule has 0 spiro atoms. The van der Waals surface area contributed by atoms with Crippen molar-refractivity contribution in [1.29, 1.82) is 0 Å². The summed E-state index contributed by atoms with van der Waals surface area (Å²) >= 11 is 0. The van der Waals surface area contributed by atoms with Gasteiger partial charge in [0.05, 0.1) is 32.8 Å². The molecule has 4 atom stereocenters. The van der Waals surface area contributed by atoms with Crippen LogP contribution in [0.5, 0.6) is 17.2 Å². The Labute approximate surface area is 251 Å². The van der Waals surface area contributed by atoms with Crippen LogP contribution in [-0.4, -0.2) is 85.4 Å². The fraction of sp³-hybridized carbons (Fsp3) is 0.424. The molecule has 0 fully saturated rings. The Morgan fingerprint density at radius 3 is 2.67 bits per heavy atom. The minimum Gasteiger partial charge on any atom is -0.497 e. The van der Waals surface area contributed by atoms with Gasteiger partial charge in [0.25, 0.3) is 0 Å². The van der Waals surface area contributed by atoms with E-state index in [1.807, 2.05) is 30.3 Å². The summed E-state index contributed by atoms with van der Waals surface area (Å²) in [4.78, 5) is 40.6. The minimum absolute atomic E-state index is 0.0218. The van der Waals surface area contributed by atoms with Crippen LogP contribution in [0.3, 0.4) is 0 Å². The van der Waals surface area contributed by atoms with Gasteiger partial charge in [-0.25, -0.2) is 0 Å². The lowest BCUT2D eigenvalue weighted by atomic mass is 9.77. The summed E-state index contributed by atoms with van der Waals surface area (Å²) in [6, 6.07) is 9.85. The molecule has 2 amide bonds. The van der Waals surface area contributed by atoms with Gasteiger partial charge in [-0.3, -0.25) is 14.4 Å². The average Bonchev–Trinajstić information content (AvgIpc) is 3.42. The van der Waals surface area contributed by atoms with Crippen LogP contribution in [0.25, 0.3) is 0 Å². The number of nitrogens with zero attached hydrogens (tertiary/aromatic N) is 1. The van der Waals surface area contributed by atoms with Gasteiger partial charge < -0.3 is 34.6 Å². The summed E-state index contributed by atoms with van der Waals surface area (Å²) in [5, 5.41) is 23.9. The molecule has 10 heteroatoms. The number of benzene rings is 2. The van der Waals surface area contributed by atoms with Crippen LogP contribution < -0.4 is 19.5 Å². The highest BCUT2D eigenvalue weighted by Gasteiger charge is 2.51. The molecule has 2 aromatic rings. The van der Waals surface area contributed by atoms with Crippen LogP contribution in [0.1, 0.15) is 53.1 Å². The first-order valence-electron chi connectivity index (χ1n) is 14.5. The third kappa shape index (κ3) is 7.09. The second-order valence-corrected chi connectivity index (χ2v) is 10.6. The number of aliphatic hydroxyl groups excluding tert-OH is 2. The first-order chi connectivity index (χ1) is 20.9. The van der Waals surface area contributed by atoms with E-state index in [4.69, 9.17) is 14.2 Å². The van der Waals surface area contributed by atoms with Gasteiger partial charge in [-0.05, 0) is 61.6 Å². The summed E-state index contributed by atoms with van der Waals surface area (Å²) < 4.78 is 17.1. The van der Waals surface area contributed by atoms with Gasteiger partial charge in [-0.2, -0.15) is 0 Å². The largest absolute Gasteiger partial charge is 0.497 e. The Morgan fingerprint density at radius 1 is 1.16 bits per heavy atom. The van der Waals surface area contributed by atoms with E-state index >= 15 is 0 Å². The SMILES string of the molecule is C=CCCCCC(=O)N(CCc1cccc(OC)c1)[C@@H]1C=C(C(=O)NCCO)[C@@H]2c3cc(C=O)cc(OC)c3O[C@@H]2[C@H]1O. The first kappa shape index (κ1) is 31.8. The predicted octanol–water partition coefficient (Wildman–Crippen LogP) is 2.96. The van der Waals surface area contributed by atoms with Crippen LogP contribution >= 0.6 is 0 Å². The number of unbranched alkanes of at least 4 members (excludes halogenated alkanes) is 2. The zero-order chi connectivity index (χ0) is 30.9. The quantitative estimate of drug-likeness (QED) is 0.163. The topological polar surface area (TPSA) is 135 Å². The number of ether oxygens (including phenoxy) is 3. The number of fused-ring (bicyclic) bond motifs is 3. The fourth-order valence-corrected chi connectivity index (χ4v) is 5.78. The van der Waals surface area contributed by atoms with Gasteiger partial charge in [-0.1, -0.05) is 18.2 Å². The molecule has 2 aliphatic rings. The standard InChI is InChI=1S/C33H40N2O8/c1-4-5-6-7-11-28(38)35(14-12-21-9-8-10-23(16-21)41-2)26-19-25(33(40)34-13-15-36)29-24-17-22(20-37)18-27(42-3)31(24)43-32(29)30(26)39/h4,8-10,16-20,26,29-30,32,36,39H,1,5-7,11-15H2,2-3H3,(H,34,40)/t26-,29+,30+,32+/m1/s1. The predicted molar refractivity (Wildman–Crippen MR) is 161 cm³/mol. The van der Waals surface area contributed by atoms with Crippen molar-refractivity contribution < 1.29 is 38.8 Å². The normalized spacial score (nSPS) is 20.1.